The van der Waals surface area contributed by atoms with Gasteiger partial charge in [0.15, 0.2) is 11.6 Å². The lowest BCUT2D eigenvalue weighted by Crippen LogP contribution is -2.22. The molecule has 1 saturated carbocycles. The summed E-state index contributed by atoms with van der Waals surface area (Å²) in [6.07, 6.45) is 4.43. The molecule has 0 spiro atoms. The van der Waals surface area contributed by atoms with Gasteiger partial charge in [0, 0.05) is 19.7 Å². The summed E-state index contributed by atoms with van der Waals surface area (Å²) in [7, 11) is 0. The Morgan fingerprint density at radius 1 is 1.37 bits per heavy atom. The fraction of sp³-hybridized carbons (Fsp3) is 0.692. The molecule has 1 heterocycles. The number of hydrogen-bond donors (Lipinski definition) is 3. The van der Waals surface area contributed by atoms with Gasteiger partial charge < -0.3 is 15.7 Å². The molecule has 0 aliphatic heterocycles. The van der Waals surface area contributed by atoms with E-state index in [1.165, 1.54) is 6.20 Å². The second kappa shape index (κ2) is 6.65. The molecule has 2 atom stereocenters. The highest BCUT2D eigenvalue weighted by atomic mass is 19.1. The van der Waals surface area contributed by atoms with Gasteiger partial charge in [0.2, 0.25) is 5.95 Å². The zero-order valence-corrected chi connectivity index (χ0v) is 11.2. The van der Waals surface area contributed by atoms with Gasteiger partial charge in [-0.2, -0.15) is 4.98 Å². The van der Waals surface area contributed by atoms with Gasteiger partial charge in [-0.05, 0) is 31.6 Å². The summed E-state index contributed by atoms with van der Waals surface area (Å²) in [5, 5.41) is 15.3. The van der Waals surface area contributed by atoms with E-state index in [0.717, 1.165) is 19.3 Å². The molecule has 0 aromatic carbocycles. The third-order valence-corrected chi connectivity index (χ3v) is 3.66. The van der Waals surface area contributed by atoms with Crippen molar-refractivity contribution in [2.75, 3.05) is 30.3 Å². The molecule has 0 amide bonds. The van der Waals surface area contributed by atoms with Crippen molar-refractivity contribution in [2.45, 2.75) is 26.2 Å². The number of halogens is 1. The SMILES string of the molecule is CCNc1ncc(F)c(NCC2CCCC2CO)n1. The van der Waals surface area contributed by atoms with Gasteiger partial charge in [-0.25, -0.2) is 9.37 Å². The van der Waals surface area contributed by atoms with E-state index in [1.54, 1.807) is 0 Å². The van der Waals surface area contributed by atoms with E-state index in [0.29, 0.717) is 30.9 Å². The average molecular weight is 268 g/mol. The van der Waals surface area contributed by atoms with Crippen LogP contribution in [0.25, 0.3) is 0 Å². The Morgan fingerprint density at radius 2 is 2.16 bits per heavy atom. The van der Waals surface area contributed by atoms with Gasteiger partial charge in [0.25, 0.3) is 0 Å². The number of rotatable bonds is 6. The summed E-state index contributed by atoms with van der Waals surface area (Å²) in [6.45, 7) is 3.48. The summed E-state index contributed by atoms with van der Waals surface area (Å²) in [5.41, 5.74) is 0. The first kappa shape index (κ1) is 14.0. The Balaban J connectivity index is 1.96. The van der Waals surface area contributed by atoms with Gasteiger partial charge in [-0.1, -0.05) is 6.42 Å². The molecule has 1 aromatic heterocycles. The quantitative estimate of drug-likeness (QED) is 0.734. The summed E-state index contributed by atoms with van der Waals surface area (Å²) >= 11 is 0. The van der Waals surface area contributed by atoms with E-state index in [2.05, 4.69) is 20.6 Å². The molecule has 0 saturated heterocycles. The van der Waals surface area contributed by atoms with E-state index in [9.17, 15) is 9.50 Å². The van der Waals surface area contributed by atoms with E-state index < -0.39 is 5.82 Å². The lowest BCUT2D eigenvalue weighted by atomic mass is 9.97. The third-order valence-electron chi connectivity index (χ3n) is 3.66. The zero-order valence-electron chi connectivity index (χ0n) is 11.2. The zero-order chi connectivity index (χ0) is 13.7. The molecular formula is C13H21FN4O. The number of nitrogens with zero attached hydrogens (tertiary/aromatic N) is 2. The highest BCUT2D eigenvalue weighted by Gasteiger charge is 2.26. The maximum absolute atomic E-state index is 13.6. The molecule has 1 aromatic rings. The molecule has 0 radical (unpaired) electrons. The Morgan fingerprint density at radius 3 is 2.89 bits per heavy atom. The van der Waals surface area contributed by atoms with Crippen LogP contribution in [0.2, 0.25) is 0 Å². The van der Waals surface area contributed by atoms with E-state index in [-0.39, 0.29) is 12.4 Å². The van der Waals surface area contributed by atoms with Crippen molar-refractivity contribution >= 4 is 11.8 Å². The van der Waals surface area contributed by atoms with Crippen LogP contribution in [-0.2, 0) is 0 Å². The minimum Gasteiger partial charge on any atom is -0.396 e. The molecule has 6 heteroatoms. The predicted molar refractivity (Wildman–Crippen MR) is 72.6 cm³/mol. The van der Waals surface area contributed by atoms with E-state index in [1.807, 2.05) is 6.92 Å². The first-order chi connectivity index (χ1) is 9.24. The number of anilines is 2. The van der Waals surface area contributed by atoms with Crippen LogP contribution in [0.4, 0.5) is 16.2 Å². The number of aliphatic hydroxyl groups excluding tert-OH is 1. The van der Waals surface area contributed by atoms with Crippen molar-refractivity contribution in [2.24, 2.45) is 11.8 Å². The minimum atomic E-state index is -0.444. The Labute approximate surface area is 112 Å². The lowest BCUT2D eigenvalue weighted by Gasteiger charge is -2.18. The molecule has 19 heavy (non-hydrogen) atoms. The molecule has 1 aliphatic rings. The molecule has 0 bridgehead atoms. The first-order valence-electron chi connectivity index (χ1n) is 6.85. The van der Waals surface area contributed by atoms with Gasteiger partial charge in [0.05, 0.1) is 6.20 Å². The van der Waals surface area contributed by atoms with Crippen LogP contribution in [0.3, 0.4) is 0 Å². The van der Waals surface area contributed by atoms with Crippen molar-refractivity contribution in [3.05, 3.63) is 12.0 Å². The van der Waals surface area contributed by atoms with Crippen LogP contribution in [0.1, 0.15) is 26.2 Å². The van der Waals surface area contributed by atoms with Crippen LogP contribution in [0, 0.1) is 17.7 Å². The van der Waals surface area contributed by atoms with Crippen LogP contribution in [0.5, 0.6) is 0 Å². The molecule has 2 rings (SSSR count). The van der Waals surface area contributed by atoms with Gasteiger partial charge in [-0.15, -0.1) is 0 Å². The Bertz CT molecular complexity index is 416. The fourth-order valence-corrected chi connectivity index (χ4v) is 2.58. The highest BCUT2D eigenvalue weighted by Crippen LogP contribution is 2.31. The molecule has 1 fully saturated rings. The topological polar surface area (TPSA) is 70.1 Å². The van der Waals surface area contributed by atoms with Crippen molar-refractivity contribution in [1.29, 1.82) is 0 Å². The van der Waals surface area contributed by atoms with Crippen LogP contribution in [-0.4, -0.2) is 34.8 Å². The van der Waals surface area contributed by atoms with Crippen LogP contribution >= 0.6 is 0 Å². The molecule has 3 N–H and O–H groups in total. The third kappa shape index (κ3) is 3.53. The fourth-order valence-electron chi connectivity index (χ4n) is 2.58. The van der Waals surface area contributed by atoms with Crippen molar-refractivity contribution in [3.63, 3.8) is 0 Å². The van der Waals surface area contributed by atoms with Gasteiger partial charge >= 0.3 is 0 Å². The average Bonchev–Trinajstić information content (AvgIpc) is 2.87. The number of aliphatic hydroxyl groups is 1. The molecule has 1 aliphatic carbocycles. The highest BCUT2D eigenvalue weighted by molar-refractivity contribution is 5.41. The summed E-state index contributed by atoms with van der Waals surface area (Å²) in [5.74, 6) is 0.929. The van der Waals surface area contributed by atoms with E-state index >= 15 is 0 Å². The van der Waals surface area contributed by atoms with Crippen molar-refractivity contribution in [1.82, 2.24) is 9.97 Å². The first-order valence-corrected chi connectivity index (χ1v) is 6.85. The summed E-state index contributed by atoms with van der Waals surface area (Å²) < 4.78 is 13.6. The van der Waals surface area contributed by atoms with Crippen LogP contribution < -0.4 is 10.6 Å². The minimum absolute atomic E-state index is 0.210. The molecular weight excluding hydrogens is 247 g/mol. The van der Waals surface area contributed by atoms with Crippen molar-refractivity contribution < 1.29 is 9.50 Å². The monoisotopic (exact) mass is 268 g/mol. The van der Waals surface area contributed by atoms with Crippen LogP contribution in [0.15, 0.2) is 6.20 Å². The van der Waals surface area contributed by atoms with Gasteiger partial charge in [0.1, 0.15) is 0 Å². The number of hydrogen-bond acceptors (Lipinski definition) is 5. The predicted octanol–water partition coefficient (Wildman–Crippen LogP) is 1.87. The van der Waals surface area contributed by atoms with E-state index in [4.69, 9.17) is 0 Å². The number of nitrogens with one attached hydrogen (secondary N) is 2. The molecule has 5 nitrogen and oxygen atoms in total. The second-order valence-electron chi connectivity index (χ2n) is 4.94. The molecule has 106 valence electrons. The summed E-state index contributed by atoms with van der Waals surface area (Å²) in [4.78, 5) is 7.97. The normalized spacial score (nSPS) is 22.5. The number of aromatic nitrogens is 2. The maximum atomic E-state index is 13.6. The maximum Gasteiger partial charge on any atom is 0.224 e. The second-order valence-corrected chi connectivity index (χ2v) is 4.94. The molecule has 2 unspecified atom stereocenters. The standard InChI is InChI=1S/C13H21FN4O/c1-2-15-13-17-7-11(14)12(18-13)16-6-9-4-3-5-10(9)8-19/h7,9-10,19H,2-6,8H2,1H3,(H2,15,16,17,18). The van der Waals surface area contributed by atoms with Crippen molar-refractivity contribution in [3.8, 4) is 0 Å². The smallest absolute Gasteiger partial charge is 0.224 e. The largest absolute Gasteiger partial charge is 0.396 e. The van der Waals surface area contributed by atoms with Gasteiger partial charge in [-0.3, -0.25) is 0 Å². The lowest BCUT2D eigenvalue weighted by molar-refractivity contribution is 0.199. The Kier molecular flexibility index (Phi) is 4.90. The Hall–Kier alpha value is -1.43. The summed E-state index contributed by atoms with van der Waals surface area (Å²) in [6, 6.07) is 0.